The van der Waals surface area contributed by atoms with Crippen molar-refractivity contribution < 1.29 is 4.74 Å². The van der Waals surface area contributed by atoms with Gasteiger partial charge in [0.05, 0.1) is 6.61 Å². The first-order chi connectivity index (χ1) is 6.65. The second-order valence-corrected chi connectivity index (χ2v) is 4.17. The number of nitrogens with two attached hydrogens (primary N) is 1. The van der Waals surface area contributed by atoms with E-state index in [0.29, 0.717) is 6.61 Å². The van der Waals surface area contributed by atoms with Crippen molar-refractivity contribution in [3.05, 3.63) is 28.8 Å². The molecule has 14 heavy (non-hydrogen) atoms. The van der Waals surface area contributed by atoms with Gasteiger partial charge in [-0.2, -0.15) is 0 Å². The number of rotatable bonds is 3. The van der Waals surface area contributed by atoms with Crippen LogP contribution < -0.4 is 10.5 Å². The molecule has 3 heteroatoms. The Kier molecular flexibility index (Phi) is 2.41. The van der Waals surface area contributed by atoms with Gasteiger partial charge in [0.15, 0.2) is 0 Å². The van der Waals surface area contributed by atoms with Crippen LogP contribution >= 0.6 is 11.6 Å². The molecule has 0 aromatic heterocycles. The van der Waals surface area contributed by atoms with Gasteiger partial charge in [-0.1, -0.05) is 11.6 Å². The Balaban J connectivity index is 2.38. The molecule has 0 aliphatic heterocycles. The van der Waals surface area contributed by atoms with Gasteiger partial charge in [0.25, 0.3) is 0 Å². The molecule has 2 nitrogen and oxygen atoms in total. The van der Waals surface area contributed by atoms with Gasteiger partial charge in [-0.25, -0.2) is 0 Å². The fourth-order valence-corrected chi connectivity index (χ4v) is 1.75. The van der Waals surface area contributed by atoms with E-state index >= 15 is 0 Å². The van der Waals surface area contributed by atoms with E-state index in [4.69, 9.17) is 22.1 Å². The average molecular weight is 212 g/mol. The maximum atomic E-state index is 6.13. The van der Waals surface area contributed by atoms with Crippen LogP contribution in [0.3, 0.4) is 0 Å². The van der Waals surface area contributed by atoms with Crippen LogP contribution in [0.1, 0.15) is 25.3 Å². The smallest absolute Gasteiger partial charge is 0.124 e. The molecule has 76 valence electrons. The Labute approximate surface area is 89.0 Å². The average Bonchev–Trinajstić information content (AvgIpc) is 2.89. The zero-order valence-electron chi connectivity index (χ0n) is 8.22. The summed E-state index contributed by atoms with van der Waals surface area (Å²) in [4.78, 5) is 0. The molecule has 0 heterocycles. The topological polar surface area (TPSA) is 35.2 Å². The zero-order chi connectivity index (χ0) is 10.2. The van der Waals surface area contributed by atoms with Crippen molar-refractivity contribution in [3.63, 3.8) is 0 Å². The van der Waals surface area contributed by atoms with Crippen molar-refractivity contribution >= 4 is 11.6 Å². The summed E-state index contributed by atoms with van der Waals surface area (Å²) < 4.78 is 5.52. The molecule has 0 atom stereocenters. The van der Waals surface area contributed by atoms with E-state index in [-0.39, 0.29) is 5.54 Å². The first-order valence-electron chi connectivity index (χ1n) is 4.87. The van der Waals surface area contributed by atoms with Crippen LogP contribution in [0, 0.1) is 0 Å². The minimum absolute atomic E-state index is 0.185. The predicted octanol–water partition coefficient (Wildman–Crippen LogP) is 2.69. The highest BCUT2D eigenvalue weighted by Gasteiger charge is 2.42. The van der Waals surface area contributed by atoms with Gasteiger partial charge >= 0.3 is 0 Å². The van der Waals surface area contributed by atoms with Gasteiger partial charge in [-0.3, -0.25) is 0 Å². The molecule has 0 radical (unpaired) electrons. The van der Waals surface area contributed by atoms with Gasteiger partial charge in [-0.15, -0.1) is 0 Å². The summed E-state index contributed by atoms with van der Waals surface area (Å²) in [6.07, 6.45) is 2.04. The van der Waals surface area contributed by atoms with E-state index < -0.39 is 0 Å². The maximum absolute atomic E-state index is 6.13. The van der Waals surface area contributed by atoms with Crippen LogP contribution in [0.2, 0.25) is 5.02 Å². The molecular weight excluding hydrogens is 198 g/mol. The van der Waals surface area contributed by atoms with Crippen molar-refractivity contribution in [3.8, 4) is 5.75 Å². The van der Waals surface area contributed by atoms with Gasteiger partial charge in [0.2, 0.25) is 0 Å². The van der Waals surface area contributed by atoms with Crippen LogP contribution in [-0.2, 0) is 5.54 Å². The largest absolute Gasteiger partial charge is 0.494 e. The Bertz CT molecular complexity index is 347. The monoisotopic (exact) mass is 211 g/mol. The van der Waals surface area contributed by atoms with Crippen LogP contribution in [0.5, 0.6) is 5.75 Å². The lowest BCUT2D eigenvalue weighted by atomic mass is 10.0. The maximum Gasteiger partial charge on any atom is 0.124 e. The minimum Gasteiger partial charge on any atom is -0.494 e. The van der Waals surface area contributed by atoms with Crippen LogP contribution in [0.15, 0.2) is 18.2 Å². The highest BCUT2D eigenvalue weighted by atomic mass is 35.5. The number of halogens is 1. The lowest BCUT2D eigenvalue weighted by Crippen LogP contribution is -2.19. The van der Waals surface area contributed by atoms with E-state index in [1.807, 2.05) is 25.1 Å². The van der Waals surface area contributed by atoms with E-state index in [1.54, 1.807) is 0 Å². The fourth-order valence-electron chi connectivity index (χ4n) is 1.58. The molecular formula is C11H14ClNO. The van der Waals surface area contributed by atoms with E-state index in [1.165, 1.54) is 0 Å². The molecule has 1 aromatic carbocycles. The lowest BCUT2D eigenvalue weighted by molar-refractivity contribution is 0.333. The summed E-state index contributed by atoms with van der Waals surface area (Å²) in [6, 6.07) is 5.65. The second kappa shape index (κ2) is 3.44. The van der Waals surface area contributed by atoms with Crippen molar-refractivity contribution in [2.24, 2.45) is 5.73 Å². The summed E-state index contributed by atoms with van der Waals surface area (Å²) in [6.45, 7) is 2.62. The van der Waals surface area contributed by atoms with Crippen LogP contribution in [-0.4, -0.2) is 6.61 Å². The minimum atomic E-state index is -0.185. The quantitative estimate of drug-likeness (QED) is 0.835. The third-order valence-corrected chi connectivity index (χ3v) is 2.80. The summed E-state index contributed by atoms with van der Waals surface area (Å²) in [5.74, 6) is 0.872. The first kappa shape index (κ1) is 9.81. The molecule has 1 aliphatic rings. The Morgan fingerprint density at radius 3 is 2.79 bits per heavy atom. The standard InChI is InChI=1S/C11H14ClNO/c1-2-14-10-4-3-8(12)7-9(10)11(13)5-6-11/h3-4,7H,2,5-6,13H2,1H3. The molecule has 2 N–H and O–H groups in total. The molecule has 0 spiro atoms. The Morgan fingerprint density at radius 2 is 2.21 bits per heavy atom. The summed E-state index contributed by atoms with van der Waals surface area (Å²) in [5, 5.41) is 0.722. The normalized spacial score (nSPS) is 17.9. The SMILES string of the molecule is CCOc1ccc(Cl)cc1C1(N)CC1. The molecule has 1 saturated carbocycles. The molecule has 0 unspecified atom stereocenters. The van der Waals surface area contributed by atoms with Crippen molar-refractivity contribution in [1.82, 2.24) is 0 Å². The van der Waals surface area contributed by atoms with Crippen molar-refractivity contribution in [2.45, 2.75) is 25.3 Å². The van der Waals surface area contributed by atoms with Crippen molar-refractivity contribution in [2.75, 3.05) is 6.61 Å². The number of benzene rings is 1. The third kappa shape index (κ3) is 1.72. The van der Waals surface area contributed by atoms with Gasteiger partial charge in [0, 0.05) is 16.1 Å². The lowest BCUT2D eigenvalue weighted by Gasteiger charge is -2.15. The molecule has 0 amide bonds. The van der Waals surface area contributed by atoms with Crippen molar-refractivity contribution in [1.29, 1.82) is 0 Å². The molecule has 2 rings (SSSR count). The van der Waals surface area contributed by atoms with Gasteiger partial charge in [-0.05, 0) is 38.0 Å². The predicted molar refractivity (Wildman–Crippen MR) is 57.7 cm³/mol. The van der Waals surface area contributed by atoms with E-state index in [9.17, 15) is 0 Å². The number of hydrogen-bond donors (Lipinski definition) is 1. The third-order valence-electron chi connectivity index (χ3n) is 2.57. The van der Waals surface area contributed by atoms with E-state index in [2.05, 4.69) is 0 Å². The van der Waals surface area contributed by atoms with Gasteiger partial charge < -0.3 is 10.5 Å². The zero-order valence-corrected chi connectivity index (χ0v) is 8.97. The summed E-state index contributed by atoms with van der Waals surface area (Å²) >= 11 is 5.94. The molecule has 1 aliphatic carbocycles. The Hall–Kier alpha value is -0.730. The molecule has 1 aromatic rings. The fraction of sp³-hybridized carbons (Fsp3) is 0.455. The number of ether oxygens (including phenoxy) is 1. The van der Waals surface area contributed by atoms with Crippen LogP contribution in [0.4, 0.5) is 0 Å². The molecule has 0 bridgehead atoms. The van der Waals surface area contributed by atoms with Crippen LogP contribution in [0.25, 0.3) is 0 Å². The highest BCUT2D eigenvalue weighted by molar-refractivity contribution is 6.30. The van der Waals surface area contributed by atoms with E-state index in [0.717, 1.165) is 29.2 Å². The summed E-state index contributed by atoms with van der Waals surface area (Å²) in [7, 11) is 0. The molecule has 0 saturated heterocycles. The highest BCUT2D eigenvalue weighted by Crippen LogP contribution is 2.47. The van der Waals surface area contributed by atoms with Gasteiger partial charge in [0.1, 0.15) is 5.75 Å². The summed E-state index contributed by atoms with van der Waals surface area (Å²) in [5.41, 5.74) is 6.99. The molecule has 1 fully saturated rings. The first-order valence-corrected chi connectivity index (χ1v) is 5.25. The number of hydrogen-bond acceptors (Lipinski definition) is 2. The Morgan fingerprint density at radius 1 is 1.50 bits per heavy atom. The second-order valence-electron chi connectivity index (χ2n) is 3.73.